The van der Waals surface area contributed by atoms with Gasteiger partial charge in [-0.3, -0.25) is 14.5 Å². The molecule has 1 atom stereocenters. The van der Waals surface area contributed by atoms with Gasteiger partial charge in [-0.1, -0.05) is 0 Å². The molecule has 6 nitrogen and oxygen atoms in total. The van der Waals surface area contributed by atoms with Gasteiger partial charge in [0.15, 0.2) is 0 Å². The molecule has 0 saturated carbocycles. The van der Waals surface area contributed by atoms with Crippen LogP contribution in [0, 0.1) is 0 Å². The number of carbonyl (C=O) groups excluding carboxylic acids is 2. The number of nitrogens with one attached hydrogen (secondary N) is 1. The van der Waals surface area contributed by atoms with Crippen molar-refractivity contribution in [1.82, 2.24) is 10.2 Å². The minimum absolute atomic E-state index is 0.0420. The predicted octanol–water partition coefficient (Wildman–Crippen LogP) is 0.945. The molecular weight excluding hydrogens is 272 g/mol. The Morgan fingerprint density at radius 3 is 2.62 bits per heavy atom. The molecule has 0 aromatic heterocycles. The maximum atomic E-state index is 11.7. The summed E-state index contributed by atoms with van der Waals surface area (Å²) in [5.41, 5.74) is 0. The average Bonchev–Trinajstić information content (AvgIpc) is 2.93. The van der Waals surface area contributed by atoms with Crippen LogP contribution >= 0.6 is 0 Å². The third kappa shape index (κ3) is 8.02. The van der Waals surface area contributed by atoms with Gasteiger partial charge < -0.3 is 14.8 Å². The van der Waals surface area contributed by atoms with E-state index in [0.717, 1.165) is 26.0 Å². The molecule has 0 radical (unpaired) electrons. The van der Waals surface area contributed by atoms with Crippen LogP contribution in [-0.2, 0) is 19.1 Å². The number of methoxy groups -OCH3 is 1. The van der Waals surface area contributed by atoms with E-state index in [1.807, 2.05) is 13.8 Å². The first kappa shape index (κ1) is 17.9. The summed E-state index contributed by atoms with van der Waals surface area (Å²) in [6.07, 6.45) is 3.13. The quantitative estimate of drug-likeness (QED) is 0.642. The molecule has 1 amide bonds. The number of esters is 1. The van der Waals surface area contributed by atoms with E-state index in [-0.39, 0.29) is 24.0 Å². The van der Waals surface area contributed by atoms with Crippen LogP contribution in [-0.4, -0.2) is 62.3 Å². The highest BCUT2D eigenvalue weighted by Gasteiger charge is 2.20. The first-order chi connectivity index (χ1) is 10.0. The molecule has 21 heavy (non-hydrogen) atoms. The third-order valence-electron chi connectivity index (χ3n) is 3.45. The molecule has 1 unspecified atom stereocenters. The first-order valence-corrected chi connectivity index (χ1v) is 7.71. The molecule has 1 N–H and O–H groups in total. The number of ether oxygens (including phenoxy) is 2. The molecule has 6 heteroatoms. The number of nitrogens with zero attached hydrogens (tertiary/aromatic N) is 1. The van der Waals surface area contributed by atoms with Crippen LogP contribution in [0.5, 0.6) is 0 Å². The molecule has 1 rings (SSSR count). The Kier molecular flexibility index (Phi) is 8.30. The first-order valence-electron chi connectivity index (χ1n) is 7.71. The molecule has 0 spiro atoms. The summed E-state index contributed by atoms with van der Waals surface area (Å²) < 4.78 is 10.3. The fourth-order valence-electron chi connectivity index (χ4n) is 2.38. The van der Waals surface area contributed by atoms with Gasteiger partial charge in [-0.25, -0.2) is 0 Å². The van der Waals surface area contributed by atoms with Gasteiger partial charge in [0, 0.05) is 38.7 Å². The lowest BCUT2D eigenvalue weighted by Crippen LogP contribution is -2.38. The van der Waals surface area contributed by atoms with E-state index in [1.165, 1.54) is 7.11 Å². The third-order valence-corrected chi connectivity index (χ3v) is 3.45. The SMILES string of the molecule is COC(=O)CCN(CCC(=O)NC(C)C)CC1CCCO1. The van der Waals surface area contributed by atoms with Crippen LogP contribution in [0.3, 0.4) is 0 Å². The Bertz CT molecular complexity index is 328. The summed E-state index contributed by atoms with van der Waals surface area (Å²) in [7, 11) is 1.39. The standard InChI is InChI=1S/C15H28N2O4/c1-12(2)16-14(18)6-8-17(9-7-15(19)20-3)11-13-5-4-10-21-13/h12-13H,4-11H2,1-3H3,(H,16,18). The van der Waals surface area contributed by atoms with Crippen LogP contribution in [0.25, 0.3) is 0 Å². The zero-order valence-electron chi connectivity index (χ0n) is 13.4. The van der Waals surface area contributed by atoms with Crippen molar-refractivity contribution in [3.05, 3.63) is 0 Å². The topological polar surface area (TPSA) is 67.9 Å². The molecular formula is C15H28N2O4. The molecule has 1 heterocycles. The number of carbonyl (C=O) groups is 2. The molecule has 0 aromatic rings. The van der Waals surface area contributed by atoms with Crippen molar-refractivity contribution < 1.29 is 19.1 Å². The Morgan fingerprint density at radius 1 is 1.33 bits per heavy atom. The highest BCUT2D eigenvalue weighted by atomic mass is 16.5. The minimum atomic E-state index is -0.223. The lowest BCUT2D eigenvalue weighted by atomic mass is 10.2. The van der Waals surface area contributed by atoms with Crippen molar-refractivity contribution >= 4 is 11.9 Å². The van der Waals surface area contributed by atoms with Gasteiger partial charge in [0.25, 0.3) is 0 Å². The molecule has 122 valence electrons. The number of rotatable bonds is 9. The summed E-state index contributed by atoms with van der Waals surface area (Å²) in [6, 6.07) is 0.152. The molecule has 1 aliphatic rings. The summed E-state index contributed by atoms with van der Waals surface area (Å²) in [5, 5.41) is 2.88. The summed E-state index contributed by atoms with van der Waals surface area (Å²) in [6.45, 7) is 6.70. The van der Waals surface area contributed by atoms with Gasteiger partial charge in [0.05, 0.1) is 19.6 Å². The zero-order valence-corrected chi connectivity index (χ0v) is 13.4. The fraction of sp³-hybridized carbons (Fsp3) is 0.867. The Morgan fingerprint density at radius 2 is 2.05 bits per heavy atom. The van der Waals surface area contributed by atoms with Crippen LogP contribution in [0.15, 0.2) is 0 Å². The van der Waals surface area contributed by atoms with E-state index in [2.05, 4.69) is 15.0 Å². The van der Waals surface area contributed by atoms with Crippen molar-refractivity contribution in [2.45, 2.75) is 51.7 Å². The maximum absolute atomic E-state index is 11.7. The largest absolute Gasteiger partial charge is 0.469 e. The smallest absolute Gasteiger partial charge is 0.306 e. The van der Waals surface area contributed by atoms with Gasteiger partial charge in [-0.05, 0) is 26.7 Å². The number of amides is 1. The molecule has 0 aliphatic carbocycles. The van der Waals surface area contributed by atoms with Gasteiger partial charge in [-0.2, -0.15) is 0 Å². The summed E-state index contributed by atoms with van der Waals surface area (Å²) >= 11 is 0. The highest BCUT2D eigenvalue weighted by molar-refractivity contribution is 5.76. The summed E-state index contributed by atoms with van der Waals surface area (Å²) in [5.74, 6) is -0.181. The number of hydrogen-bond acceptors (Lipinski definition) is 5. The van der Waals surface area contributed by atoms with Gasteiger partial charge in [0.1, 0.15) is 0 Å². The van der Waals surface area contributed by atoms with E-state index in [9.17, 15) is 9.59 Å². The lowest BCUT2D eigenvalue weighted by molar-refractivity contribution is -0.141. The Hall–Kier alpha value is -1.14. The highest BCUT2D eigenvalue weighted by Crippen LogP contribution is 2.13. The predicted molar refractivity (Wildman–Crippen MR) is 79.9 cm³/mol. The number of hydrogen-bond donors (Lipinski definition) is 1. The zero-order chi connectivity index (χ0) is 15.7. The summed E-state index contributed by atoms with van der Waals surface area (Å²) in [4.78, 5) is 25.1. The van der Waals surface area contributed by atoms with Gasteiger partial charge in [-0.15, -0.1) is 0 Å². The normalized spacial score (nSPS) is 18.2. The fourth-order valence-corrected chi connectivity index (χ4v) is 2.38. The van der Waals surface area contributed by atoms with Crippen molar-refractivity contribution in [2.75, 3.05) is 33.4 Å². The van der Waals surface area contributed by atoms with Gasteiger partial charge in [0.2, 0.25) is 5.91 Å². The lowest BCUT2D eigenvalue weighted by Gasteiger charge is -2.24. The van der Waals surface area contributed by atoms with E-state index in [0.29, 0.717) is 25.9 Å². The monoisotopic (exact) mass is 300 g/mol. The molecule has 0 aromatic carbocycles. The van der Waals surface area contributed by atoms with Crippen molar-refractivity contribution in [1.29, 1.82) is 0 Å². The van der Waals surface area contributed by atoms with E-state index >= 15 is 0 Å². The molecule has 0 bridgehead atoms. The Balaban J connectivity index is 2.38. The Labute approximate surface area is 127 Å². The van der Waals surface area contributed by atoms with E-state index in [1.54, 1.807) is 0 Å². The maximum Gasteiger partial charge on any atom is 0.306 e. The van der Waals surface area contributed by atoms with Crippen molar-refractivity contribution in [2.24, 2.45) is 0 Å². The van der Waals surface area contributed by atoms with E-state index in [4.69, 9.17) is 4.74 Å². The van der Waals surface area contributed by atoms with Crippen LogP contribution in [0.4, 0.5) is 0 Å². The molecule has 1 aliphatic heterocycles. The van der Waals surface area contributed by atoms with Gasteiger partial charge >= 0.3 is 5.97 Å². The van der Waals surface area contributed by atoms with Crippen molar-refractivity contribution in [3.63, 3.8) is 0 Å². The van der Waals surface area contributed by atoms with Crippen molar-refractivity contribution in [3.8, 4) is 0 Å². The van der Waals surface area contributed by atoms with Crippen LogP contribution in [0.2, 0.25) is 0 Å². The van der Waals surface area contributed by atoms with Crippen LogP contribution < -0.4 is 5.32 Å². The van der Waals surface area contributed by atoms with Crippen LogP contribution in [0.1, 0.15) is 39.5 Å². The molecule has 1 saturated heterocycles. The second kappa shape index (κ2) is 9.73. The van der Waals surface area contributed by atoms with E-state index < -0.39 is 0 Å². The minimum Gasteiger partial charge on any atom is -0.469 e. The second-order valence-corrected chi connectivity index (χ2v) is 5.73. The molecule has 1 fully saturated rings. The second-order valence-electron chi connectivity index (χ2n) is 5.73. The average molecular weight is 300 g/mol.